The van der Waals surface area contributed by atoms with Gasteiger partial charge >= 0.3 is 0 Å². The van der Waals surface area contributed by atoms with Crippen molar-refractivity contribution in [2.24, 2.45) is 0 Å². The summed E-state index contributed by atoms with van der Waals surface area (Å²) in [5.41, 5.74) is 23.3. The number of allylic oxidation sites excluding steroid dienone is 4. The van der Waals surface area contributed by atoms with E-state index in [1.165, 1.54) is 188 Å². The Labute approximate surface area is 341 Å². The molecule has 0 fully saturated rings. The van der Waals surface area contributed by atoms with Crippen LogP contribution >= 0.6 is 0 Å². The van der Waals surface area contributed by atoms with Gasteiger partial charge in [0, 0.05) is 17.2 Å². The molecule has 0 saturated carbocycles. The van der Waals surface area contributed by atoms with E-state index in [1.807, 2.05) is 0 Å². The molecule has 0 aromatic heterocycles. The fourth-order valence-electron chi connectivity index (χ4n) is 8.34. The molecule has 1 aliphatic heterocycles. The Morgan fingerprint density at radius 1 is 0.418 bits per heavy atom. The minimum Gasteiger partial charge on any atom is -0.493 e. The number of unbranched alkanes of at least 4 members (excludes halogenated alkanes) is 21. The fourth-order valence-corrected chi connectivity index (χ4v) is 8.34. The molecule has 3 rings (SSSR count). The average molecular weight is 749 g/mol. The van der Waals surface area contributed by atoms with Crippen LogP contribution in [0, 0.1) is 0 Å². The van der Waals surface area contributed by atoms with Crippen molar-refractivity contribution >= 4 is 11.4 Å². The van der Waals surface area contributed by atoms with Crippen LogP contribution in [0.2, 0.25) is 0 Å². The maximum atomic E-state index is 12.3. The van der Waals surface area contributed by atoms with Crippen molar-refractivity contribution in [3.8, 4) is 0 Å². The number of aryl methyl sites for hydroxylation is 4. The van der Waals surface area contributed by atoms with Gasteiger partial charge in [-0.2, -0.15) is 0 Å². The summed E-state index contributed by atoms with van der Waals surface area (Å²) in [6, 6.07) is 14.4. The smallest absolute Gasteiger partial charge is 0.214 e. The van der Waals surface area contributed by atoms with Crippen molar-refractivity contribution < 1.29 is 4.70 Å². The zero-order chi connectivity index (χ0) is 39.4. The molecule has 1 aliphatic rings. The van der Waals surface area contributed by atoms with Crippen LogP contribution in [0.15, 0.2) is 60.2 Å². The molecule has 0 bridgehead atoms. The van der Waals surface area contributed by atoms with Gasteiger partial charge in [0.15, 0.2) is 0 Å². The summed E-state index contributed by atoms with van der Waals surface area (Å²) in [5.74, 6) is 0. The van der Waals surface area contributed by atoms with Crippen LogP contribution in [0.25, 0.3) is 16.9 Å². The van der Waals surface area contributed by atoms with Crippen molar-refractivity contribution in [3.05, 3.63) is 99.1 Å². The van der Waals surface area contributed by atoms with E-state index >= 15 is 0 Å². The van der Waals surface area contributed by atoms with Gasteiger partial charge in [-0.1, -0.05) is 187 Å². The van der Waals surface area contributed by atoms with Crippen LogP contribution in [0.5, 0.6) is 0 Å². The maximum absolute atomic E-state index is 12.3. The van der Waals surface area contributed by atoms with E-state index in [0.29, 0.717) is 0 Å². The lowest BCUT2D eigenvalue weighted by Crippen LogP contribution is -2.05. The van der Waals surface area contributed by atoms with Gasteiger partial charge < -0.3 is 5.53 Å². The maximum Gasteiger partial charge on any atom is 0.214 e. The summed E-state index contributed by atoms with van der Waals surface area (Å²) in [7, 11) is 0. The number of hydrogen-bond acceptors (Lipinski definition) is 0. The zero-order valence-electron chi connectivity index (χ0n) is 36.8. The summed E-state index contributed by atoms with van der Waals surface area (Å²) in [6.45, 7) is 11.5. The molecular formula is C53H84N2. The predicted molar refractivity (Wildman–Crippen MR) is 244 cm³/mol. The molecule has 306 valence electrons. The highest BCUT2D eigenvalue weighted by Gasteiger charge is 2.29. The van der Waals surface area contributed by atoms with Gasteiger partial charge in [-0.05, 0) is 111 Å². The Morgan fingerprint density at radius 2 is 0.764 bits per heavy atom. The van der Waals surface area contributed by atoms with Gasteiger partial charge in [0.05, 0.1) is 5.57 Å². The van der Waals surface area contributed by atoms with Crippen LogP contribution in [0.1, 0.15) is 235 Å². The summed E-state index contributed by atoms with van der Waals surface area (Å²) >= 11 is 0. The molecule has 2 heteroatoms. The summed E-state index contributed by atoms with van der Waals surface area (Å²) in [6.07, 6.45) is 45.2. The lowest BCUT2D eigenvalue weighted by atomic mass is 9.95. The Bertz CT molecular complexity index is 1380. The molecule has 0 amide bonds. The van der Waals surface area contributed by atoms with Gasteiger partial charge in [0.2, 0.25) is 11.4 Å². The Kier molecular flexibility index (Phi) is 25.0. The predicted octanol–water partition coefficient (Wildman–Crippen LogP) is 17.5. The second-order valence-corrected chi connectivity index (χ2v) is 17.0. The topological polar surface area (TPSA) is 25.3 Å². The Hall–Kier alpha value is -2.74. The second kappa shape index (κ2) is 29.5. The highest BCUT2D eigenvalue weighted by Crippen LogP contribution is 2.38. The van der Waals surface area contributed by atoms with Crippen LogP contribution in [-0.4, -0.2) is 4.70 Å². The van der Waals surface area contributed by atoms with E-state index < -0.39 is 0 Å². The van der Waals surface area contributed by atoms with Crippen LogP contribution in [-0.2, 0) is 25.7 Å². The molecule has 0 atom stereocenters. The molecular weight excluding hydrogens is 665 g/mol. The SMILES string of the molecule is CCCCCCCCCCCCCC=CC1=C(c2cc(CCCCCC)cc(CCCCCC)c2)[N+](=[N-])C(c2cc(CCCCC)cc(CCCCC)c2)=C1. The van der Waals surface area contributed by atoms with E-state index in [-0.39, 0.29) is 0 Å². The van der Waals surface area contributed by atoms with Crippen molar-refractivity contribution in [2.45, 2.75) is 227 Å². The van der Waals surface area contributed by atoms with Crippen molar-refractivity contribution in [1.29, 1.82) is 0 Å². The molecule has 0 spiro atoms. The highest BCUT2D eigenvalue weighted by molar-refractivity contribution is 5.81. The average Bonchev–Trinajstić information content (AvgIpc) is 3.52. The Morgan fingerprint density at radius 3 is 1.20 bits per heavy atom. The van der Waals surface area contributed by atoms with Gasteiger partial charge in [0.25, 0.3) is 0 Å². The third-order valence-corrected chi connectivity index (χ3v) is 11.7. The molecule has 2 aromatic carbocycles. The summed E-state index contributed by atoms with van der Waals surface area (Å²) < 4.78 is 1.56. The number of benzene rings is 2. The van der Waals surface area contributed by atoms with Gasteiger partial charge in [-0.15, -0.1) is 0 Å². The van der Waals surface area contributed by atoms with Crippen LogP contribution < -0.4 is 0 Å². The molecule has 0 saturated heterocycles. The number of hydrogen-bond donors (Lipinski definition) is 0. The fraction of sp³-hybridized carbons (Fsp3) is 0.660. The minimum absolute atomic E-state index is 0.927. The standard InChI is InChI=1S/C53H84N2/c1-6-11-16-19-20-21-22-23-24-25-26-27-32-37-49-44-52(50-40-45(33-28-14-9-4)38-46(41-50)34-29-15-10-5)55(54)53(49)51-42-47(35-30-17-12-7-2)39-48(43-51)36-31-18-13-8-3/h32,37-44H,6-31,33-36H2,1-5H3. The van der Waals surface area contributed by atoms with Gasteiger partial charge in [-0.25, -0.2) is 4.70 Å². The first-order valence-electron chi connectivity index (χ1n) is 23.9. The van der Waals surface area contributed by atoms with E-state index in [9.17, 15) is 5.53 Å². The number of nitrogens with zero attached hydrogens (tertiary/aromatic N) is 2. The molecule has 2 nitrogen and oxygen atoms in total. The van der Waals surface area contributed by atoms with Gasteiger partial charge in [-0.3, -0.25) is 0 Å². The van der Waals surface area contributed by atoms with Crippen molar-refractivity contribution in [2.75, 3.05) is 0 Å². The lowest BCUT2D eigenvalue weighted by Gasteiger charge is -2.14. The van der Waals surface area contributed by atoms with E-state index in [4.69, 9.17) is 0 Å². The monoisotopic (exact) mass is 749 g/mol. The number of rotatable bonds is 33. The van der Waals surface area contributed by atoms with E-state index in [2.05, 4.69) is 89.2 Å². The molecule has 55 heavy (non-hydrogen) atoms. The van der Waals surface area contributed by atoms with Gasteiger partial charge in [0.1, 0.15) is 0 Å². The molecule has 0 unspecified atom stereocenters. The van der Waals surface area contributed by atoms with E-state index in [0.717, 1.165) is 54.6 Å². The normalized spacial score (nSPS) is 13.2. The third-order valence-electron chi connectivity index (χ3n) is 11.7. The first kappa shape index (κ1) is 46.6. The van der Waals surface area contributed by atoms with Crippen LogP contribution in [0.4, 0.5) is 0 Å². The van der Waals surface area contributed by atoms with Crippen molar-refractivity contribution in [3.63, 3.8) is 0 Å². The molecule has 2 aromatic rings. The van der Waals surface area contributed by atoms with Crippen molar-refractivity contribution in [1.82, 2.24) is 0 Å². The molecule has 0 aliphatic carbocycles. The molecule has 0 N–H and O–H groups in total. The highest BCUT2D eigenvalue weighted by atomic mass is 15.2. The second-order valence-electron chi connectivity index (χ2n) is 17.0. The Balaban J connectivity index is 1.89. The summed E-state index contributed by atoms with van der Waals surface area (Å²) in [5, 5.41) is 0. The first-order valence-corrected chi connectivity index (χ1v) is 23.9. The third kappa shape index (κ3) is 18.4. The molecule has 0 radical (unpaired) electrons. The quantitative estimate of drug-likeness (QED) is 0.0513. The first-order chi connectivity index (χ1) is 27.0. The summed E-state index contributed by atoms with van der Waals surface area (Å²) in [4.78, 5) is 0. The van der Waals surface area contributed by atoms with Crippen LogP contribution in [0.3, 0.4) is 0 Å². The lowest BCUT2D eigenvalue weighted by molar-refractivity contribution is -0.344. The largest absolute Gasteiger partial charge is 0.493 e. The van der Waals surface area contributed by atoms with E-state index in [1.54, 1.807) is 4.70 Å². The zero-order valence-corrected chi connectivity index (χ0v) is 36.8. The minimum atomic E-state index is 0.927. The molecule has 1 heterocycles.